The van der Waals surface area contributed by atoms with Crippen LogP contribution < -0.4 is 5.32 Å². The van der Waals surface area contributed by atoms with Gasteiger partial charge in [0, 0.05) is 19.1 Å². The van der Waals surface area contributed by atoms with Gasteiger partial charge in [0.1, 0.15) is 0 Å². The third-order valence-corrected chi connectivity index (χ3v) is 4.40. The molecule has 1 aliphatic carbocycles. The normalized spacial score (nSPS) is 24.6. The largest absolute Gasteiger partial charge is 0.390 e. The van der Waals surface area contributed by atoms with Crippen LogP contribution in [0.3, 0.4) is 0 Å². The van der Waals surface area contributed by atoms with Crippen LogP contribution in [0, 0.1) is 0 Å². The Labute approximate surface area is 115 Å². The molecule has 0 bridgehead atoms. The maximum atomic E-state index is 10.1. The highest BCUT2D eigenvalue weighted by Gasteiger charge is 2.22. The molecule has 2 unspecified atom stereocenters. The maximum absolute atomic E-state index is 10.1. The van der Waals surface area contributed by atoms with Crippen LogP contribution in [0.25, 0.3) is 0 Å². The highest BCUT2D eigenvalue weighted by atomic mass is 16.3. The second-order valence-electron chi connectivity index (χ2n) is 5.86. The van der Waals surface area contributed by atoms with Crippen molar-refractivity contribution < 1.29 is 5.11 Å². The third-order valence-electron chi connectivity index (χ3n) is 4.40. The summed E-state index contributed by atoms with van der Waals surface area (Å²) in [4.78, 5) is 2.37. The fourth-order valence-corrected chi connectivity index (χ4v) is 3.38. The van der Waals surface area contributed by atoms with Crippen LogP contribution in [0.4, 0.5) is 0 Å². The van der Waals surface area contributed by atoms with Gasteiger partial charge in [0.05, 0.1) is 6.10 Å². The standard InChI is InChI=1S/C16H24N2O/c19-14(12-18-9-3-4-10-18)11-17-16-8-7-13-5-1-2-6-15(13)16/h1-2,5-6,14,16-17,19H,3-4,7-12H2. The lowest BCUT2D eigenvalue weighted by molar-refractivity contribution is 0.120. The molecule has 3 rings (SSSR count). The molecule has 1 fully saturated rings. The molecule has 0 amide bonds. The monoisotopic (exact) mass is 260 g/mol. The first-order valence-corrected chi connectivity index (χ1v) is 7.54. The fraction of sp³-hybridized carbons (Fsp3) is 0.625. The van der Waals surface area contributed by atoms with Gasteiger partial charge >= 0.3 is 0 Å². The van der Waals surface area contributed by atoms with Crippen LogP contribution in [0.15, 0.2) is 24.3 Å². The van der Waals surface area contributed by atoms with E-state index in [2.05, 4.69) is 34.5 Å². The number of hydrogen-bond acceptors (Lipinski definition) is 3. The van der Waals surface area contributed by atoms with E-state index in [0.29, 0.717) is 12.6 Å². The van der Waals surface area contributed by atoms with Crippen molar-refractivity contribution in [3.05, 3.63) is 35.4 Å². The summed E-state index contributed by atoms with van der Waals surface area (Å²) in [6.07, 6.45) is 4.66. The number of rotatable bonds is 5. The molecule has 0 radical (unpaired) electrons. The molecule has 3 nitrogen and oxygen atoms in total. The van der Waals surface area contributed by atoms with Crippen LogP contribution >= 0.6 is 0 Å². The highest BCUT2D eigenvalue weighted by molar-refractivity contribution is 5.34. The molecule has 19 heavy (non-hydrogen) atoms. The first kappa shape index (κ1) is 13.1. The van der Waals surface area contributed by atoms with Gasteiger partial charge in [-0.05, 0) is 49.9 Å². The summed E-state index contributed by atoms with van der Waals surface area (Å²) < 4.78 is 0. The van der Waals surface area contributed by atoms with E-state index in [1.807, 2.05) is 0 Å². The Morgan fingerprint density at radius 3 is 2.89 bits per heavy atom. The SMILES string of the molecule is OC(CNC1CCc2ccccc21)CN1CCCC1. The van der Waals surface area contributed by atoms with Gasteiger partial charge in [0.2, 0.25) is 0 Å². The number of aryl methyl sites for hydroxylation is 1. The lowest BCUT2D eigenvalue weighted by Gasteiger charge is -2.22. The molecule has 1 aliphatic heterocycles. The van der Waals surface area contributed by atoms with E-state index >= 15 is 0 Å². The predicted molar refractivity (Wildman–Crippen MR) is 77.2 cm³/mol. The Hall–Kier alpha value is -0.900. The molecule has 0 aromatic heterocycles. The average Bonchev–Trinajstić information content (AvgIpc) is 3.05. The number of β-amino-alcohol motifs (C(OH)–C–C–N with tert-alkyl or cyclic N) is 1. The number of aliphatic hydroxyl groups excluding tert-OH is 1. The molecule has 3 heteroatoms. The Kier molecular flexibility index (Phi) is 4.16. The zero-order chi connectivity index (χ0) is 13.1. The summed E-state index contributed by atoms with van der Waals surface area (Å²) in [7, 11) is 0. The van der Waals surface area contributed by atoms with Crippen LogP contribution in [-0.2, 0) is 6.42 Å². The van der Waals surface area contributed by atoms with E-state index in [0.717, 1.165) is 32.5 Å². The second kappa shape index (κ2) is 6.04. The predicted octanol–water partition coefficient (Wildman–Crippen LogP) is 1.72. The van der Waals surface area contributed by atoms with E-state index < -0.39 is 0 Å². The molecule has 104 valence electrons. The topological polar surface area (TPSA) is 35.5 Å². The zero-order valence-corrected chi connectivity index (χ0v) is 11.5. The number of nitrogens with zero attached hydrogens (tertiary/aromatic N) is 1. The smallest absolute Gasteiger partial charge is 0.0791 e. The quantitative estimate of drug-likeness (QED) is 0.846. The highest BCUT2D eigenvalue weighted by Crippen LogP contribution is 2.30. The summed E-state index contributed by atoms with van der Waals surface area (Å²) in [5, 5.41) is 13.6. The van der Waals surface area contributed by atoms with Gasteiger partial charge < -0.3 is 15.3 Å². The Bertz CT molecular complexity index is 415. The number of aliphatic hydroxyl groups is 1. The Balaban J connectivity index is 1.47. The van der Waals surface area contributed by atoms with Crippen molar-refractivity contribution in [3.63, 3.8) is 0 Å². The molecule has 0 saturated carbocycles. The van der Waals surface area contributed by atoms with Crippen molar-refractivity contribution in [3.8, 4) is 0 Å². The van der Waals surface area contributed by atoms with Crippen LogP contribution in [-0.4, -0.2) is 42.3 Å². The summed E-state index contributed by atoms with van der Waals surface area (Å²) in [5.74, 6) is 0. The molecule has 2 aliphatic rings. The van der Waals surface area contributed by atoms with E-state index in [4.69, 9.17) is 0 Å². The van der Waals surface area contributed by atoms with Crippen molar-refractivity contribution in [1.29, 1.82) is 0 Å². The molecule has 1 aromatic carbocycles. The molecule has 0 spiro atoms. The number of fused-ring (bicyclic) bond motifs is 1. The Morgan fingerprint density at radius 1 is 1.26 bits per heavy atom. The van der Waals surface area contributed by atoms with Gasteiger partial charge in [-0.15, -0.1) is 0 Å². The van der Waals surface area contributed by atoms with E-state index in [-0.39, 0.29) is 6.10 Å². The van der Waals surface area contributed by atoms with Crippen molar-refractivity contribution >= 4 is 0 Å². The number of benzene rings is 1. The van der Waals surface area contributed by atoms with Crippen LogP contribution in [0.1, 0.15) is 36.4 Å². The second-order valence-corrected chi connectivity index (χ2v) is 5.86. The number of likely N-dealkylation sites (tertiary alicyclic amines) is 1. The molecular formula is C16H24N2O. The minimum Gasteiger partial charge on any atom is -0.390 e. The average molecular weight is 260 g/mol. The van der Waals surface area contributed by atoms with Crippen molar-refractivity contribution in [1.82, 2.24) is 10.2 Å². The van der Waals surface area contributed by atoms with Gasteiger partial charge in [-0.1, -0.05) is 24.3 Å². The fourth-order valence-electron chi connectivity index (χ4n) is 3.38. The van der Waals surface area contributed by atoms with Gasteiger partial charge in [-0.3, -0.25) is 0 Å². The Morgan fingerprint density at radius 2 is 2.05 bits per heavy atom. The summed E-state index contributed by atoms with van der Waals surface area (Å²) in [6, 6.07) is 9.09. The molecule has 1 aromatic rings. The molecular weight excluding hydrogens is 236 g/mol. The number of nitrogens with one attached hydrogen (secondary N) is 1. The van der Waals surface area contributed by atoms with Gasteiger partial charge in [0.25, 0.3) is 0 Å². The molecule has 1 saturated heterocycles. The maximum Gasteiger partial charge on any atom is 0.0791 e. The first-order valence-electron chi connectivity index (χ1n) is 7.54. The van der Waals surface area contributed by atoms with Crippen molar-refractivity contribution in [2.45, 2.75) is 37.8 Å². The summed E-state index contributed by atoms with van der Waals surface area (Å²) in [6.45, 7) is 3.84. The number of hydrogen-bond donors (Lipinski definition) is 2. The summed E-state index contributed by atoms with van der Waals surface area (Å²) >= 11 is 0. The van der Waals surface area contributed by atoms with Gasteiger partial charge in [0.15, 0.2) is 0 Å². The molecule has 2 atom stereocenters. The lowest BCUT2D eigenvalue weighted by Crippen LogP contribution is -2.38. The van der Waals surface area contributed by atoms with Crippen LogP contribution in [0.2, 0.25) is 0 Å². The van der Waals surface area contributed by atoms with Gasteiger partial charge in [-0.25, -0.2) is 0 Å². The lowest BCUT2D eigenvalue weighted by atomic mass is 10.1. The minimum atomic E-state index is -0.245. The van der Waals surface area contributed by atoms with Crippen molar-refractivity contribution in [2.24, 2.45) is 0 Å². The van der Waals surface area contributed by atoms with Gasteiger partial charge in [-0.2, -0.15) is 0 Å². The summed E-state index contributed by atoms with van der Waals surface area (Å²) in [5.41, 5.74) is 2.89. The molecule has 2 N–H and O–H groups in total. The van der Waals surface area contributed by atoms with E-state index in [9.17, 15) is 5.11 Å². The van der Waals surface area contributed by atoms with Crippen LogP contribution in [0.5, 0.6) is 0 Å². The third kappa shape index (κ3) is 3.16. The zero-order valence-electron chi connectivity index (χ0n) is 11.5. The van der Waals surface area contributed by atoms with E-state index in [1.54, 1.807) is 0 Å². The van der Waals surface area contributed by atoms with Crippen molar-refractivity contribution in [2.75, 3.05) is 26.2 Å². The first-order chi connectivity index (χ1) is 9.33. The van der Waals surface area contributed by atoms with E-state index in [1.165, 1.54) is 24.0 Å². The molecule has 1 heterocycles. The minimum absolute atomic E-state index is 0.245.